The molecular formula is C13H16ClNO. The van der Waals surface area contributed by atoms with E-state index in [1.807, 2.05) is 18.2 Å². The Morgan fingerprint density at radius 3 is 2.44 bits per heavy atom. The average molecular weight is 238 g/mol. The molecule has 0 amide bonds. The Bertz CT molecular complexity index is 370. The topological polar surface area (TPSA) is 20.3 Å². The van der Waals surface area contributed by atoms with E-state index in [0.717, 1.165) is 25.1 Å². The molecule has 86 valence electrons. The fourth-order valence-electron chi connectivity index (χ4n) is 2.26. The lowest BCUT2D eigenvalue weighted by molar-refractivity contribution is 0.112. The van der Waals surface area contributed by atoms with Gasteiger partial charge in [0.1, 0.15) is 0 Å². The van der Waals surface area contributed by atoms with Gasteiger partial charge in [0.2, 0.25) is 0 Å². The molecule has 3 heteroatoms. The summed E-state index contributed by atoms with van der Waals surface area (Å²) in [5, 5.41) is 0.687. The van der Waals surface area contributed by atoms with Crippen LogP contribution < -0.4 is 4.90 Å². The van der Waals surface area contributed by atoms with Crippen molar-refractivity contribution < 1.29 is 4.79 Å². The maximum absolute atomic E-state index is 11.0. The van der Waals surface area contributed by atoms with Gasteiger partial charge < -0.3 is 4.90 Å². The number of anilines is 1. The first kappa shape index (κ1) is 11.5. The molecule has 0 N–H and O–H groups in total. The molecule has 1 heterocycles. The van der Waals surface area contributed by atoms with E-state index in [1.165, 1.54) is 25.7 Å². The smallest absolute Gasteiger partial charge is 0.152 e. The zero-order chi connectivity index (χ0) is 11.4. The highest BCUT2D eigenvalue weighted by molar-refractivity contribution is 6.33. The number of hydrogen-bond acceptors (Lipinski definition) is 2. The van der Waals surface area contributed by atoms with Crippen LogP contribution in [0.4, 0.5) is 5.69 Å². The van der Waals surface area contributed by atoms with E-state index in [1.54, 1.807) is 0 Å². The number of carbonyl (C=O) groups excluding carboxylic acids is 1. The summed E-state index contributed by atoms with van der Waals surface area (Å²) in [6.07, 6.45) is 5.81. The summed E-state index contributed by atoms with van der Waals surface area (Å²) < 4.78 is 0. The molecule has 0 unspecified atom stereocenters. The fourth-order valence-corrected chi connectivity index (χ4v) is 2.56. The van der Waals surface area contributed by atoms with Gasteiger partial charge in [0.05, 0.1) is 10.7 Å². The molecule has 0 aromatic heterocycles. The van der Waals surface area contributed by atoms with E-state index in [2.05, 4.69) is 4.90 Å². The second-order valence-corrected chi connectivity index (χ2v) is 4.60. The van der Waals surface area contributed by atoms with Crippen LogP contribution in [0.15, 0.2) is 18.2 Å². The Kier molecular flexibility index (Phi) is 3.83. The minimum atomic E-state index is 0.687. The molecule has 0 radical (unpaired) electrons. The molecule has 16 heavy (non-hydrogen) atoms. The molecule has 0 saturated carbocycles. The van der Waals surface area contributed by atoms with Crippen LogP contribution in [0.2, 0.25) is 5.02 Å². The monoisotopic (exact) mass is 237 g/mol. The van der Waals surface area contributed by atoms with Crippen molar-refractivity contribution in [2.45, 2.75) is 25.7 Å². The molecule has 2 rings (SSSR count). The normalized spacial score (nSPS) is 16.9. The number of rotatable bonds is 2. The quantitative estimate of drug-likeness (QED) is 0.734. The Labute approximate surface area is 101 Å². The largest absolute Gasteiger partial charge is 0.370 e. The molecule has 0 spiro atoms. The maximum atomic E-state index is 11.0. The highest BCUT2D eigenvalue weighted by atomic mass is 35.5. The van der Waals surface area contributed by atoms with Gasteiger partial charge >= 0.3 is 0 Å². The van der Waals surface area contributed by atoms with Crippen molar-refractivity contribution in [3.05, 3.63) is 28.8 Å². The van der Waals surface area contributed by atoms with Crippen LogP contribution in [-0.4, -0.2) is 19.4 Å². The van der Waals surface area contributed by atoms with Gasteiger partial charge in [-0.25, -0.2) is 0 Å². The Morgan fingerprint density at radius 1 is 1.12 bits per heavy atom. The van der Waals surface area contributed by atoms with Crippen molar-refractivity contribution in [3.8, 4) is 0 Å². The average Bonchev–Trinajstić information content (AvgIpc) is 2.57. The van der Waals surface area contributed by atoms with Gasteiger partial charge in [-0.3, -0.25) is 4.79 Å². The van der Waals surface area contributed by atoms with Gasteiger partial charge in [-0.15, -0.1) is 0 Å². The molecule has 1 saturated heterocycles. The molecule has 0 aliphatic carbocycles. The second kappa shape index (κ2) is 5.35. The summed E-state index contributed by atoms with van der Waals surface area (Å²) >= 11 is 6.19. The van der Waals surface area contributed by atoms with Crippen molar-refractivity contribution in [1.82, 2.24) is 0 Å². The first-order chi connectivity index (χ1) is 7.83. The molecular weight excluding hydrogens is 222 g/mol. The minimum absolute atomic E-state index is 0.687. The lowest BCUT2D eigenvalue weighted by atomic mass is 10.1. The molecule has 1 aliphatic rings. The summed E-state index contributed by atoms with van der Waals surface area (Å²) in [6, 6.07) is 5.52. The Balaban J connectivity index is 2.33. The SMILES string of the molecule is O=Cc1cccc(Cl)c1N1CCCCCC1. The summed E-state index contributed by atoms with van der Waals surface area (Å²) in [5.74, 6) is 0. The van der Waals surface area contributed by atoms with Gasteiger partial charge in [0, 0.05) is 18.7 Å². The van der Waals surface area contributed by atoms with Crippen molar-refractivity contribution in [1.29, 1.82) is 0 Å². The molecule has 0 bridgehead atoms. The third-order valence-electron chi connectivity index (χ3n) is 3.07. The number of carbonyl (C=O) groups is 1. The van der Waals surface area contributed by atoms with Gasteiger partial charge in [-0.1, -0.05) is 30.5 Å². The summed E-state index contributed by atoms with van der Waals surface area (Å²) in [5.41, 5.74) is 1.62. The molecule has 1 aliphatic heterocycles. The van der Waals surface area contributed by atoms with Crippen molar-refractivity contribution >= 4 is 23.6 Å². The van der Waals surface area contributed by atoms with E-state index < -0.39 is 0 Å². The van der Waals surface area contributed by atoms with E-state index in [-0.39, 0.29) is 0 Å². The van der Waals surface area contributed by atoms with Crippen molar-refractivity contribution in [2.24, 2.45) is 0 Å². The van der Waals surface area contributed by atoms with E-state index in [0.29, 0.717) is 10.6 Å². The third-order valence-corrected chi connectivity index (χ3v) is 3.37. The van der Waals surface area contributed by atoms with E-state index >= 15 is 0 Å². The Morgan fingerprint density at radius 2 is 1.81 bits per heavy atom. The number of para-hydroxylation sites is 1. The summed E-state index contributed by atoms with van der Waals surface area (Å²) in [4.78, 5) is 13.3. The molecule has 2 nitrogen and oxygen atoms in total. The predicted octanol–water partition coefficient (Wildman–Crippen LogP) is 3.53. The Hall–Kier alpha value is -1.02. The number of nitrogens with zero attached hydrogens (tertiary/aromatic N) is 1. The predicted molar refractivity (Wildman–Crippen MR) is 67.5 cm³/mol. The van der Waals surface area contributed by atoms with E-state index in [9.17, 15) is 4.79 Å². The van der Waals surface area contributed by atoms with Crippen LogP contribution in [0.3, 0.4) is 0 Å². The summed E-state index contributed by atoms with van der Waals surface area (Å²) in [7, 11) is 0. The number of benzene rings is 1. The van der Waals surface area contributed by atoms with Crippen molar-refractivity contribution in [3.63, 3.8) is 0 Å². The highest BCUT2D eigenvalue weighted by Crippen LogP contribution is 2.30. The van der Waals surface area contributed by atoms with Gasteiger partial charge in [0.15, 0.2) is 6.29 Å². The minimum Gasteiger partial charge on any atom is -0.370 e. The lowest BCUT2D eigenvalue weighted by Gasteiger charge is -2.25. The second-order valence-electron chi connectivity index (χ2n) is 4.20. The molecule has 0 atom stereocenters. The third kappa shape index (κ3) is 2.38. The standard InChI is InChI=1S/C13H16ClNO/c14-12-7-5-6-11(10-16)13(12)15-8-3-1-2-4-9-15/h5-7,10H,1-4,8-9H2. The van der Waals surface area contributed by atoms with Crippen LogP contribution in [0.25, 0.3) is 0 Å². The number of halogens is 1. The van der Waals surface area contributed by atoms with Crippen LogP contribution in [-0.2, 0) is 0 Å². The molecule has 1 aromatic carbocycles. The van der Waals surface area contributed by atoms with Crippen LogP contribution in [0, 0.1) is 0 Å². The summed E-state index contributed by atoms with van der Waals surface area (Å²) in [6.45, 7) is 2.01. The van der Waals surface area contributed by atoms with Crippen LogP contribution in [0.5, 0.6) is 0 Å². The highest BCUT2D eigenvalue weighted by Gasteiger charge is 2.15. The van der Waals surface area contributed by atoms with E-state index in [4.69, 9.17) is 11.6 Å². The van der Waals surface area contributed by atoms with Crippen LogP contribution >= 0.6 is 11.6 Å². The molecule has 1 aromatic rings. The maximum Gasteiger partial charge on any atom is 0.152 e. The number of hydrogen-bond donors (Lipinski definition) is 0. The number of aldehydes is 1. The van der Waals surface area contributed by atoms with Crippen molar-refractivity contribution in [2.75, 3.05) is 18.0 Å². The first-order valence-corrected chi connectivity index (χ1v) is 6.19. The fraction of sp³-hybridized carbons (Fsp3) is 0.462. The van der Waals surface area contributed by atoms with Gasteiger partial charge in [-0.05, 0) is 25.0 Å². The van der Waals surface area contributed by atoms with Crippen LogP contribution in [0.1, 0.15) is 36.0 Å². The van der Waals surface area contributed by atoms with Gasteiger partial charge in [-0.2, -0.15) is 0 Å². The zero-order valence-electron chi connectivity index (χ0n) is 9.29. The first-order valence-electron chi connectivity index (χ1n) is 5.81. The van der Waals surface area contributed by atoms with Gasteiger partial charge in [0.25, 0.3) is 0 Å². The molecule has 1 fully saturated rings. The zero-order valence-corrected chi connectivity index (χ0v) is 10.0. The lowest BCUT2D eigenvalue weighted by Crippen LogP contribution is -2.25.